The molecule has 0 aromatic heterocycles. The number of aliphatic hydroxyl groups is 2. The van der Waals surface area contributed by atoms with Crippen molar-refractivity contribution in [1.29, 1.82) is 0 Å². The standard InChI is InChI=1S/C14H21ClO2/c1-10(2)9-11-3-5-12(6-4-11)14(17)13(16)7-8-15/h3-6,10,13-14,16-17H,7-9H2,1-2H3. The van der Waals surface area contributed by atoms with E-state index in [0.29, 0.717) is 18.2 Å². The van der Waals surface area contributed by atoms with Gasteiger partial charge in [-0.05, 0) is 29.9 Å². The van der Waals surface area contributed by atoms with Crippen LogP contribution in [-0.4, -0.2) is 22.2 Å². The van der Waals surface area contributed by atoms with Gasteiger partial charge in [0.05, 0.1) is 6.10 Å². The molecule has 2 nitrogen and oxygen atoms in total. The number of alkyl halides is 1. The van der Waals surface area contributed by atoms with Crippen LogP contribution in [0.25, 0.3) is 0 Å². The quantitative estimate of drug-likeness (QED) is 0.769. The number of benzene rings is 1. The molecule has 0 fully saturated rings. The molecule has 1 aromatic rings. The molecule has 0 amide bonds. The Hall–Kier alpha value is -0.570. The van der Waals surface area contributed by atoms with Crippen LogP contribution in [0.1, 0.15) is 37.5 Å². The van der Waals surface area contributed by atoms with E-state index in [1.807, 2.05) is 24.3 Å². The molecule has 0 aliphatic carbocycles. The van der Waals surface area contributed by atoms with Gasteiger partial charge in [-0.1, -0.05) is 38.1 Å². The number of aliphatic hydroxyl groups excluding tert-OH is 2. The third-order valence-corrected chi connectivity index (χ3v) is 2.95. The van der Waals surface area contributed by atoms with Crippen LogP contribution in [0.2, 0.25) is 0 Å². The van der Waals surface area contributed by atoms with Gasteiger partial charge in [0.1, 0.15) is 6.10 Å². The van der Waals surface area contributed by atoms with E-state index in [1.165, 1.54) is 5.56 Å². The predicted octanol–water partition coefficient (Wildman–Crippen LogP) is 2.91. The monoisotopic (exact) mass is 256 g/mol. The average Bonchev–Trinajstić information content (AvgIpc) is 2.28. The number of hydrogen-bond acceptors (Lipinski definition) is 2. The van der Waals surface area contributed by atoms with Crippen LogP contribution in [0.15, 0.2) is 24.3 Å². The molecular weight excluding hydrogens is 236 g/mol. The summed E-state index contributed by atoms with van der Waals surface area (Å²) in [7, 11) is 0. The van der Waals surface area contributed by atoms with Crippen LogP contribution < -0.4 is 0 Å². The molecule has 0 aliphatic rings. The van der Waals surface area contributed by atoms with Gasteiger partial charge < -0.3 is 10.2 Å². The fourth-order valence-corrected chi connectivity index (χ4v) is 2.04. The molecule has 2 unspecified atom stereocenters. The lowest BCUT2D eigenvalue weighted by molar-refractivity contribution is 0.0170. The van der Waals surface area contributed by atoms with Crippen molar-refractivity contribution in [2.45, 2.75) is 38.9 Å². The smallest absolute Gasteiger partial charge is 0.105 e. The molecule has 96 valence electrons. The highest BCUT2D eigenvalue weighted by molar-refractivity contribution is 6.17. The zero-order chi connectivity index (χ0) is 12.8. The third kappa shape index (κ3) is 4.66. The van der Waals surface area contributed by atoms with Crippen LogP contribution in [0.3, 0.4) is 0 Å². The molecule has 0 bridgehead atoms. The fourth-order valence-electron chi connectivity index (χ4n) is 1.81. The molecule has 17 heavy (non-hydrogen) atoms. The first-order valence-corrected chi connectivity index (χ1v) is 6.59. The van der Waals surface area contributed by atoms with Gasteiger partial charge in [-0.25, -0.2) is 0 Å². The summed E-state index contributed by atoms with van der Waals surface area (Å²) in [5.41, 5.74) is 2.00. The number of rotatable bonds is 6. The van der Waals surface area contributed by atoms with E-state index in [0.717, 1.165) is 12.0 Å². The van der Waals surface area contributed by atoms with Gasteiger partial charge >= 0.3 is 0 Å². The van der Waals surface area contributed by atoms with Gasteiger partial charge in [-0.3, -0.25) is 0 Å². The average molecular weight is 257 g/mol. The van der Waals surface area contributed by atoms with Crippen molar-refractivity contribution in [3.8, 4) is 0 Å². The van der Waals surface area contributed by atoms with Crippen molar-refractivity contribution < 1.29 is 10.2 Å². The molecule has 1 rings (SSSR count). The molecule has 3 heteroatoms. The highest BCUT2D eigenvalue weighted by Gasteiger charge is 2.17. The first-order valence-electron chi connectivity index (χ1n) is 6.05. The number of halogens is 1. The molecule has 2 N–H and O–H groups in total. The van der Waals surface area contributed by atoms with E-state index in [4.69, 9.17) is 11.6 Å². The largest absolute Gasteiger partial charge is 0.390 e. The van der Waals surface area contributed by atoms with E-state index in [-0.39, 0.29) is 0 Å². The summed E-state index contributed by atoms with van der Waals surface area (Å²) >= 11 is 5.54. The molecule has 0 radical (unpaired) electrons. The lowest BCUT2D eigenvalue weighted by Gasteiger charge is -2.17. The minimum Gasteiger partial charge on any atom is -0.390 e. The van der Waals surface area contributed by atoms with Crippen LogP contribution in [-0.2, 0) is 6.42 Å². The van der Waals surface area contributed by atoms with Crippen LogP contribution in [0, 0.1) is 5.92 Å². The maximum Gasteiger partial charge on any atom is 0.105 e. The number of hydrogen-bond donors (Lipinski definition) is 2. The van der Waals surface area contributed by atoms with Gasteiger partial charge in [-0.2, -0.15) is 0 Å². The Morgan fingerprint density at radius 2 is 1.71 bits per heavy atom. The van der Waals surface area contributed by atoms with E-state index in [9.17, 15) is 10.2 Å². The highest BCUT2D eigenvalue weighted by Crippen LogP contribution is 2.20. The Labute approximate surface area is 108 Å². The second-order valence-corrected chi connectivity index (χ2v) is 5.21. The normalized spacial score (nSPS) is 14.9. The van der Waals surface area contributed by atoms with Crippen molar-refractivity contribution in [3.63, 3.8) is 0 Å². The molecule has 0 heterocycles. The Morgan fingerprint density at radius 1 is 1.12 bits per heavy atom. The van der Waals surface area contributed by atoms with Gasteiger partial charge in [0.15, 0.2) is 0 Å². The SMILES string of the molecule is CC(C)Cc1ccc(C(O)C(O)CCCl)cc1. The third-order valence-electron chi connectivity index (χ3n) is 2.73. The van der Waals surface area contributed by atoms with Crippen molar-refractivity contribution in [3.05, 3.63) is 35.4 Å². The highest BCUT2D eigenvalue weighted by atomic mass is 35.5. The van der Waals surface area contributed by atoms with E-state index < -0.39 is 12.2 Å². The Morgan fingerprint density at radius 3 is 2.18 bits per heavy atom. The van der Waals surface area contributed by atoms with E-state index >= 15 is 0 Å². The topological polar surface area (TPSA) is 40.5 Å². The molecule has 0 saturated carbocycles. The molecule has 1 aromatic carbocycles. The second-order valence-electron chi connectivity index (χ2n) is 4.83. The summed E-state index contributed by atoms with van der Waals surface area (Å²) in [6.45, 7) is 4.35. The first-order chi connectivity index (χ1) is 8.04. The van der Waals surface area contributed by atoms with Gasteiger partial charge in [0.2, 0.25) is 0 Å². The first kappa shape index (κ1) is 14.5. The molecule has 0 aliphatic heterocycles. The van der Waals surface area contributed by atoms with E-state index in [1.54, 1.807) is 0 Å². The summed E-state index contributed by atoms with van der Waals surface area (Å²) in [5.74, 6) is 0.969. The lowest BCUT2D eigenvalue weighted by atomic mass is 9.98. The molecule has 0 spiro atoms. The van der Waals surface area contributed by atoms with E-state index in [2.05, 4.69) is 13.8 Å². The minimum absolute atomic E-state index is 0.351. The second kappa shape index (κ2) is 7.00. The maximum absolute atomic E-state index is 9.88. The zero-order valence-electron chi connectivity index (χ0n) is 10.4. The van der Waals surface area contributed by atoms with Crippen LogP contribution >= 0.6 is 11.6 Å². The minimum atomic E-state index is -0.846. The van der Waals surface area contributed by atoms with Crippen molar-refractivity contribution in [1.82, 2.24) is 0 Å². The molecule has 2 atom stereocenters. The summed E-state index contributed by atoms with van der Waals surface area (Å²) in [6, 6.07) is 7.76. The summed E-state index contributed by atoms with van der Waals surface area (Å²) < 4.78 is 0. The summed E-state index contributed by atoms with van der Waals surface area (Å²) in [4.78, 5) is 0. The maximum atomic E-state index is 9.88. The van der Waals surface area contributed by atoms with Gasteiger partial charge in [-0.15, -0.1) is 11.6 Å². The zero-order valence-corrected chi connectivity index (χ0v) is 11.2. The Balaban J connectivity index is 2.66. The van der Waals surface area contributed by atoms with Gasteiger partial charge in [0, 0.05) is 5.88 Å². The summed E-state index contributed by atoms with van der Waals surface area (Å²) in [5, 5.41) is 19.5. The van der Waals surface area contributed by atoms with Crippen LogP contribution in [0.5, 0.6) is 0 Å². The van der Waals surface area contributed by atoms with Crippen molar-refractivity contribution >= 4 is 11.6 Å². The molecular formula is C14H21ClO2. The van der Waals surface area contributed by atoms with Gasteiger partial charge in [0.25, 0.3) is 0 Å². The fraction of sp³-hybridized carbons (Fsp3) is 0.571. The Kier molecular flexibility index (Phi) is 5.96. The summed E-state index contributed by atoms with van der Waals surface area (Å²) in [6.07, 6.45) is -0.206. The Bertz CT molecular complexity index is 321. The van der Waals surface area contributed by atoms with Crippen LogP contribution in [0.4, 0.5) is 0 Å². The van der Waals surface area contributed by atoms with Crippen molar-refractivity contribution in [2.24, 2.45) is 5.92 Å². The predicted molar refractivity (Wildman–Crippen MR) is 71.3 cm³/mol. The molecule has 0 saturated heterocycles. The lowest BCUT2D eigenvalue weighted by Crippen LogP contribution is -2.18. The van der Waals surface area contributed by atoms with Crippen molar-refractivity contribution in [2.75, 3.05) is 5.88 Å².